The zero-order valence-corrected chi connectivity index (χ0v) is 15.0. The number of thiazole rings is 1. The van der Waals surface area contributed by atoms with Crippen molar-refractivity contribution in [2.75, 3.05) is 18.4 Å². The first-order valence-corrected chi connectivity index (χ1v) is 9.29. The molecular formula is C17H23N5OS. The number of hydrogen-bond acceptors (Lipinski definition) is 6. The predicted octanol–water partition coefficient (Wildman–Crippen LogP) is 3.24. The van der Waals surface area contributed by atoms with Crippen LogP contribution in [-0.2, 0) is 11.2 Å². The Morgan fingerprint density at radius 3 is 2.46 bits per heavy atom. The van der Waals surface area contributed by atoms with E-state index in [9.17, 15) is 4.79 Å². The highest BCUT2D eigenvalue weighted by Crippen LogP contribution is 2.20. The zero-order valence-electron chi connectivity index (χ0n) is 14.2. The molecule has 1 amide bonds. The summed E-state index contributed by atoms with van der Waals surface area (Å²) in [5.74, 6) is 0.726. The Bertz CT molecular complexity index is 687. The molecule has 1 fully saturated rings. The zero-order chi connectivity index (χ0) is 16.9. The first-order chi connectivity index (χ1) is 11.6. The summed E-state index contributed by atoms with van der Waals surface area (Å²) >= 11 is 1.48. The molecule has 0 aliphatic carbocycles. The van der Waals surface area contributed by atoms with Crippen molar-refractivity contribution >= 4 is 28.3 Å². The van der Waals surface area contributed by atoms with Crippen molar-refractivity contribution in [3.05, 3.63) is 28.5 Å². The summed E-state index contributed by atoms with van der Waals surface area (Å²) in [6.07, 6.45) is 5.04. The second kappa shape index (κ2) is 7.70. The lowest BCUT2D eigenvalue weighted by Gasteiger charge is -2.19. The molecule has 0 radical (unpaired) electrons. The summed E-state index contributed by atoms with van der Waals surface area (Å²) in [7, 11) is 0. The van der Waals surface area contributed by atoms with Crippen molar-refractivity contribution in [1.82, 2.24) is 19.9 Å². The molecule has 0 saturated carbocycles. The van der Waals surface area contributed by atoms with E-state index in [-0.39, 0.29) is 5.91 Å². The largest absolute Gasteiger partial charge is 0.342 e. The van der Waals surface area contributed by atoms with Crippen molar-refractivity contribution in [3.63, 3.8) is 0 Å². The summed E-state index contributed by atoms with van der Waals surface area (Å²) in [5, 5.41) is 5.78. The van der Waals surface area contributed by atoms with Crippen LogP contribution in [0.4, 0.5) is 11.1 Å². The molecule has 0 spiro atoms. The minimum absolute atomic E-state index is 0.177. The monoisotopic (exact) mass is 345 g/mol. The van der Waals surface area contributed by atoms with Gasteiger partial charge in [-0.25, -0.2) is 15.0 Å². The third-order valence-corrected chi connectivity index (χ3v) is 4.85. The summed E-state index contributed by atoms with van der Waals surface area (Å²) in [5.41, 5.74) is 2.64. The average molecular weight is 345 g/mol. The summed E-state index contributed by atoms with van der Waals surface area (Å²) in [4.78, 5) is 27.6. The van der Waals surface area contributed by atoms with Crippen LogP contribution < -0.4 is 5.32 Å². The van der Waals surface area contributed by atoms with Gasteiger partial charge in [0.05, 0.1) is 12.1 Å². The van der Waals surface area contributed by atoms with Crippen molar-refractivity contribution < 1.29 is 4.79 Å². The number of carbonyl (C=O) groups is 1. The lowest BCUT2D eigenvalue weighted by atomic mass is 10.2. The summed E-state index contributed by atoms with van der Waals surface area (Å²) in [6.45, 7) is 5.63. The molecule has 7 heteroatoms. The smallest absolute Gasteiger partial charge is 0.229 e. The molecule has 1 aliphatic heterocycles. The number of carbonyl (C=O) groups excluding carboxylic acids is 1. The van der Waals surface area contributed by atoms with Gasteiger partial charge in [0.15, 0.2) is 5.13 Å². The lowest BCUT2D eigenvalue weighted by Crippen LogP contribution is -2.33. The number of likely N-dealkylation sites (tertiary alicyclic amines) is 1. The average Bonchev–Trinajstić information content (AvgIpc) is 2.79. The standard InChI is InChI=1S/C17H23N5OS/c1-12-9-13(2)19-16(18-12)21-17-20-14(11-24-17)10-15(23)22-7-5-3-4-6-8-22/h9,11H,3-8,10H2,1-2H3,(H,18,19,20,21). The Morgan fingerprint density at radius 2 is 1.79 bits per heavy atom. The lowest BCUT2D eigenvalue weighted by molar-refractivity contribution is -0.130. The van der Waals surface area contributed by atoms with E-state index < -0.39 is 0 Å². The van der Waals surface area contributed by atoms with Crippen LogP contribution in [0.1, 0.15) is 42.8 Å². The molecular weight excluding hydrogens is 322 g/mol. The molecule has 0 atom stereocenters. The first kappa shape index (κ1) is 16.8. The van der Waals surface area contributed by atoms with E-state index in [0.717, 1.165) is 48.1 Å². The molecule has 6 nitrogen and oxygen atoms in total. The SMILES string of the molecule is Cc1cc(C)nc(Nc2nc(CC(=O)N3CCCCCC3)cs2)n1. The van der Waals surface area contributed by atoms with Gasteiger partial charge in [-0.05, 0) is 32.8 Å². The number of rotatable bonds is 4. The van der Waals surface area contributed by atoms with Crippen molar-refractivity contribution in [3.8, 4) is 0 Å². The highest BCUT2D eigenvalue weighted by atomic mass is 32.1. The molecule has 2 aromatic rings. The fraction of sp³-hybridized carbons (Fsp3) is 0.529. The van der Waals surface area contributed by atoms with Crippen LogP contribution in [0, 0.1) is 13.8 Å². The Morgan fingerprint density at radius 1 is 1.12 bits per heavy atom. The Kier molecular flexibility index (Phi) is 5.40. The van der Waals surface area contributed by atoms with Crippen LogP contribution in [0.5, 0.6) is 0 Å². The molecule has 1 saturated heterocycles. The van der Waals surface area contributed by atoms with Gasteiger partial charge in [-0.2, -0.15) is 0 Å². The van der Waals surface area contributed by atoms with Crippen LogP contribution in [0.15, 0.2) is 11.4 Å². The van der Waals surface area contributed by atoms with Gasteiger partial charge in [0.1, 0.15) is 0 Å². The maximum absolute atomic E-state index is 12.4. The molecule has 0 unspecified atom stereocenters. The Labute approximate surface area is 146 Å². The van der Waals surface area contributed by atoms with Gasteiger partial charge in [-0.3, -0.25) is 4.79 Å². The van der Waals surface area contributed by atoms with E-state index in [2.05, 4.69) is 20.3 Å². The first-order valence-electron chi connectivity index (χ1n) is 8.41. The van der Waals surface area contributed by atoms with Crippen molar-refractivity contribution in [2.45, 2.75) is 46.0 Å². The van der Waals surface area contributed by atoms with Crippen LogP contribution >= 0.6 is 11.3 Å². The Balaban J connectivity index is 1.61. The van der Waals surface area contributed by atoms with Crippen LogP contribution in [0.3, 0.4) is 0 Å². The second-order valence-corrected chi connectivity index (χ2v) is 7.07. The Hall–Kier alpha value is -2.02. The summed E-state index contributed by atoms with van der Waals surface area (Å²) in [6, 6.07) is 1.93. The van der Waals surface area contributed by atoms with Gasteiger partial charge < -0.3 is 10.2 Å². The fourth-order valence-corrected chi connectivity index (χ4v) is 3.61. The quantitative estimate of drug-likeness (QED) is 0.921. The van der Waals surface area contributed by atoms with Crippen molar-refractivity contribution in [1.29, 1.82) is 0 Å². The molecule has 128 valence electrons. The number of nitrogens with zero attached hydrogens (tertiary/aromatic N) is 4. The van der Waals surface area contributed by atoms with Crippen LogP contribution in [0.25, 0.3) is 0 Å². The molecule has 3 heterocycles. The van der Waals surface area contributed by atoms with E-state index in [0.29, 0.717) is 12.4 Å². The number of aryl methyl sites for hydroxylation is 2. The number of hydrogen-bond donors (Lipinski definition) is 1. The second-order valence-electron chi connectivity index (χ2n) is 6.22. The number of anilines is 2. The van der Waals surface area contributed by atoms with E-state index in [1.165, 1.54) is 24.2 Å². The maximum atomic E-state index is 12.4. The minimum atomic E-state index is 0.177. The van der Waals surface area contributed by atoms with E-state index in [4.69, 9.17) is 0 Å². The van der Waals surface area contributed by atoms with Gasteiger partial charge in [-0.15, -0.1) is 11.3 Å². The normalized spacial score (nSPS) is 15.2. The third kappa shape index (κ3) is 4.50. The van der Waals surface area contributed by atoms with Gasteiger partial charge in [0.25, 0.3) is 0 Å². The van der Waals surface area contributed by atoms with Crippen LogP contribution in [0.2, 0.25) is 0 Å². The van der Waals surface area contributed by atoms with Crippen LogP contribution in [-0.4, -0.2) is 38.8 Å². The van der Waals surface area contributed by atoms with Gasteiger partial charge >= 0.3 is 0 Å². The van der Waals surface area contributed by atoms with E-state index in [1.54, 1.807) is 0 Å². The minimum Gasteiger partial charge on any atom is -0.342 e. The molecule has 0 bridgehead atoms. The molecule has 1 aliphatic rings. The maximum Gasteiger partial charge on any atom is 0.229 e. The van der Waals surface area contributed by atoms with Gasteiger partial charge in [-0.1, -0.05) is 12.8 Å². The molecule has 2 aromatic heterocycles. The highest BCUT2D eigenvalue weighted by molar-refractivity contribution is 7.13. The summed E-state index contributed by atoms with van der Waals surface area (Å²) < 4.78 is 0. The third-order valence-electron chi connectivity index (χ3n) is 4.04. The fourth-order valence-electron chi connectivity index (χ4n) is 2.91. The van der Waals surface area contributed by atoms with E-state index in [1.807, 2.05) is 30.2 Å². The van der Waals surface area contributed by atoms with Crippen molar-refractivity contribution in [2.24, 2.45) is 0 Å². The predicted molar refractivity (Wildman–Crippen MR) is 95.7 cm³/mol. The topological polar surface area (TPSA) is 71.0 Å². The molecule has 0 aromatic carbocycles. The number of amides is 1. The number of nitrogens with one attached hydrogen (secondary N) is 1. The van der Waals surface area contributed by atoms with E-state index >= 15 is 0 Å². The molecule has 3 rings (SSSR count). The highest BCUT2D eigenvalue weighted by Gasteiger charge is 2.17. The molecule has 1 N–H and O–H groups in total. The number of aromatic nitrogens is 3. The van der Waals surface area contributed by atoms with Gasteiger partial charge in [0.2, 0.25) is 11.9 Å². The van der Waals surface area contributed by atoms with Gasteiger partial charge in [0, 0.05) is 29.9 Å². The molecule has 24 heavy (non-hydrogen) atoms.